The van der Waals surface area contributed by atoms with Crippen LogP contribution in [-0.2, 0) is 0 Å². The topological polar surface area (TPSA) is 32.8 Å². The molecule has 68 heavy (non-hydrogen) atoms. The van der Waals surface area contributed by atoms with Crippen molar-refractivity contribution in [1.29, 1.82) is 0 Å². The van der Waals surface area contributed by atoms with Crippen LogP contribution in [0, 0.1) is 41.5 Å². The average Bonchev–Trinajstić information content (AvgIpc) is 3.88. The van der Waals surface area contributed by atoms with Gasteiger partial charge >= 0.3 is 0 Å². The van der Waals surface area contributed by atoms with Crippen molar-refractivity contribution in [3.8, 4) is 0 Å². The highest BCUT2D eigenvalue weighted by molar-refractivity contribution is 6.89. The van der Waals surface area contributed by atoms with Gasteiger partial charge < -0.3 is 18.6 Å². The van der Waals surface area contributed by atoms with Crippen LogP contribution in [0.2, 0.25) is 39.3 Å². The molecule has 11 aromatic rings. The number of furan rings is 2. The van der Waals surface area contributed by atoms with E-state index >= 15 is 0 Å². The number of anilines is 6. The normalized spacial score (nSPS) is 12.4. The van der Waals surface area contributed by atoms with Crippen molar-refractivity contribution in [3.63, 3.8) is 0 Å². The van der Waals surface area contributed by atoms with Crippen molar-refractivity contribution in [3.05, 3.63) is 179 Å². The summed E-state index contributed by atoms with van der Waals surface area (Å²) in [5, 5.41) is 11.7. The van der Waals surface area contributed by atoms with Crippen LogP contribution in [0.1, 0.15) is 33.4 Å². The molecule has 9 aromatic carbocycles. The van der Waals surface area contributed by atoms with Crippen molar-refractivity contribution in [2.45, 2.75) is 80.8 Å². The van der Waals surface area contributed by atoms with Crippen molar-refractivity contribution in [1.82, 2.24) is 0 Å². The molecule has 0 saturated heterocycles. The molecule has 0 N–H and O–H groups in total. The molecule has 2 aromatic heterocycles. The van der Waals surface area contributed by atoms with E-state index in [9.17, 15) is 0 Å². The van der Waals surface area contributed by atoms with Gasteiger partial charge in [-0.25, -0.2) is 0 Å². The van der Waals surface area contributed by atoms with Gasteiger partial charge in [-0.2, -0.15) is 0 Å². The standard InChI is InChI=1S/C62H60N2O2Si2/c1-37-31-49(32-38(2)41(37)5)63(45-15-21-51(22-16-45)67(7,8)9)47-19-27-53-43(35-47)13-25-55-59-57(65-61(53)55)29-30-58-60(59)56-26-14-44-36-48(20-28-54(44)62(56)66-58)64(50-33-39(3)42(6)40(4)34-50)46-17-23-52(24-18-46)68(10,11)12/h13-36H,1-12H3. The molecule has 0 fully saturated rings. The Labute approximate surface area is 402 Å². The molecule has 0 aliphatic carbocycles. The van der Waals surface area contributed by atoms with E-state index in [0.717, 1.165) is 99.5 Å². The van der Waals surface area contributed by atoms with Gasteiger partial charge in [-0.3, -0.25) is 0 Å². The van der Waals surface area contributed by atoms with Crippen molar-refractivity contribution < 1.29 is 8.83 Å². The SMILES string of the molecule is Cc1cc(N(c2ccc([Si](C)(C)C)cc2)c2ccc3c(ccc4c3oc3ccc5oc6c7ccc(N(c8ccc([Si](C)(C)C)cc8)c8cc(C)c(C)c(C)c8)cc7ccc6c5c34)c2)cc(C)c1C. The Kier molecular flexibility index (Phi) is 10.2. The third-order valence-corrected chi connectivity index (χ3v) is 19.0. The van der Waals surface area contributed by atoms with E-state index in [1.54, 1.807) is 0 Å². The molecular formula is C62H60N2O2Si2. The van der Waals surface area contributed by atoms with Crippen LogP contribution in [0.4, 0.5) is 34.1 Å². The quantitative estimate of drug-likeness (QED) is 0.142. The summed E-state index contributed by atoms with van der Waals surface area (Å²) in [6.45, 7) is 27.7. The average molecular weight is 921 g/mol. The van der Waals surface area contributed by atoms with E-state index < -0.39 is 16.1 Å². The number of aryl methyl sites for hydroxylation is 4. The van der Waals surface area contributed by atoms with Crippen LogP contribution in [0.5, 0.6) is 0 Å². The van der Waals surface area contributed by atoms with Gasteiger partial charge in [0.05, 0.1) is 16.1 Å². The zero-order valence-electron chi connectivity index (χ0n) is 41.6. The van der Waals surface area contributed by atoms with E-state index in [0.29, 0.717) is 0 Å². The van der Waals surface area contributed by atoms with Crippen molar-refractivity contribution in [2.24, 2.45) is 0 Å². The summed E-state index contributed by atoms with van der Waals surface area (Å²) in [7, 11) is -2.93. The molecule has 2 heterocycles. The van der Waals surface area contributed by atoms with E-state index in [2.05, 4.69) is 236 Å². The molecule has 6 heteroatoms. The Hall–Kier alpha value is -6.87. The molecule has 0 aliphatic rings. The lowest BCUT2D eigenvalue weighted by Gasteiger charge is -2.28. The molecule has 0 unspecified atom stereocenters. The first-order valence-electron chi connectivity index (χ1n) is 24.1. The van der Waals surface area contributed by atoms with Crippen LogP contribution in [0.25, 0.3) is 65.4 Å². The zero-order chi connectivity index (χ0) is 47.6. The van der Waals surface area contributed by atoms with Crippen molar-refractivity contribution in [2.75, 3.05) is 9.80 Å². The largest absolute Gasteiger partial charge is 0.455 e. The first-order chi connectivity index (χ1) is 32.4. The Bertz CT molecular complexity index is 3530. The number of hydrogen-bond acceptors (Lipinski definition) is 4. The zero-order valence-corrected chi connectivity index (χ0v) is 43.6. The maximum Gasteiger partial charge on any atom is 0.143 e. The molecule has 0 atom stereocenters. The molecule has 11 rings (SSSR count). The highest BCUT2D eigenvalue weighted by Gasteiger charge is 2.24. The second-order valence-electron chi connectivity index (χ2n) is 21.4. The molecule has 0 radical (unpaired) electrons. The predicted octanol–water partition coefficient (Wildman–Crippen LogP) is 17.7. The molecule has 4 nitrogen and oxygen atoms in total. The highest BCUT2D eigenvalue weighted by atomic mass is 28.3. The Morgan fingerprint density at radius 2 is 0.647 bits per heavy atom. The lowest BCUT2D eigenvalue weighted by Crippen LogP contribution is -2.37. The van der Waals surface area contributed by atoms with Crippen LogP contribution in [0.3, 0.4) is 0 Å². The number of hydrogen-bond donors (Lipinski definition) is 0. The summed E-state index contributed by atoms with van der Waals surface area (Å²) in [5.41, 5.74) is 18.2. The maximum absolute atomic E-state index is 6.86. The number of nitrogens with zero attached hydrogens (tertiary/aromatic N) is 2. The fourth-order valence-electron chi connectivity index (χ4n) is 10.4. The highest BCUT2D eigenvalue weighted by Crippen LogP contribution is 2.46. The first kappa shape index (κ1) is 43.7. The van der Waals surface area contributed by atoms with Crippen molar-refractivity contribution >= 4 is 126 Å². The predicted molar refractivity (Wildman–Crippen MR) is 300 cm³/mol. The first-order valence-corrected chi connectivity index (χ1v) is 31.1. The molecular weight excluding hydrogens is 861 g/mol. The lowest BCUT2D eigenvalue weighted by molar-refractivity contribution is 0.666. The van der Waals surface area contributed by atoms with Gasteiger partial charge in [0.25, 0.3) is 0 Å². The smallest absolute Gasteiger partial charge is 0.143 e. The summed E-state index contributed by atoms with van der Waals surface area (Å²) < 4.78 is 13.7. The molecule has 0 spiro atoms. The van der Waals surface area contributed by atoms with E-state index in [4.69, 9.17) is 8.83 Å². The van der Waals surface area contributed by atoms with E-state index in [-0.39, 0.29) is 0 Å². The van der Waals surface area contributed by atoms with Gasteiger partial charge in [-0.15, -0.1) is 0 Å². The van der Waals surface area contributed by atoms with Crippen LogP contribution >= 0.6 is 0 Å². The number of rotatable bonds is 8. The summed E-state index contributed by atoms with van der Waals surface area (Å²) in [5.74, 6) is 0. The van der Waals surface area contributed by atoms with E-state index in [1.807, 2.05) is 0 Å². The summed E-state index contributed by atoms with van der Waals surface area (Å²) in [6.07, 6.45) is 0. The Morgan fingerprint density at radius 3 is 0.985 bits per heavy atom. The second kappa shape index (κ2) is 15.9. The summed E-state index contributed by atoms with van der Waals surface area (Å²) >= 11 is 0. The Morgan fingerprint density at radius 1 is 0.324 bits per heavy atom. The van der Waals surface area contributed by atoms with E-state index in [1.165, 1.54) is 43.8 Å². The maximum atomic E-state index is 6.86. The molecule has 0 bridgehead atoms. The van der Waals surface area contributed by atoms with Crippen LogP contribution in [0.15, 0.2) is 154 Å². The fraction of sp³-hybridized carbons (Fsp3) is 0.194. The van der Waals surface area contributed by atoms with Gasteiger partial charge in [0.2, 0.25) is 0 Å². The molecule has 338 valence electrons. The van der Waals surface area contributed by atoms with Gasteiger partial charge in [0, 0.05) is 66.4 Å². The van der Waals surface area contributed by atoms with Crippen LogP contribution < -0.4 is 20.2 Å². The number of fused-ring (bicyclic) bond motifs is 11. The molecule has 0 amide bonds. The third-order valence-electron chi connectivity index (χ3n) is 14.8. The van der Waals surface area contributed by atoms with Gasteiger partial charge in [-0.1, -0.05) is 86.1 Å². The minimum Gasteiger partial charge on any atom is -0.455 e. The minimum absolute atomic E-state index is 0.858. The van der Waals surface area contributed by atoms with Crippen LogP contribution in [-0.4, -0.2) is 16.1 Å². The Balaban J connectivity index is 1.03. The second-order valence-corrected chi connectivity index (χ2v) is 31.5. The van der Waals surface area contributed by atoms with Gasteiger partial charge in [-0.05, 0) is 195 Å². The summed E-state index contributed by atoms with van der Waals surface area (Å²) in [4.78, 5) is 4.80. The molecule has 0 aliphatic heterocycles. The summed E-state index contributed by atoms with van der Waals surface area (Å²) in [6, 6.07) is 54.5. The van der Waals surface area contributed by atoms with Gasteiger partial charge in [0.15, 0.2) is 0 Å². The monoisotopic (exact) mass is 920 g/mol. The lowest BCUT2D eigenvalue weighted by atomic mass is 9.99. The minimum atomic E-state index is -1.47. The van der Waals surface area contributed by atoms with Gasteiger partial charge in [0.1, 0.15) is 22.3 Å². The fourth-order valence-corrected chi connectivity index (χ4v) is 12.7. The number of benzene rings is 9. The third kappa shape index (κ3) is 7.24. The molecule has 0 saturated carbocycles.